The third-order valence-electron chi connectivity index (χ3n) is 3.77. The molecule has 0 saturated carbocycles. The van der Waals surface area contributed by atoms with E-state index in [1.165, 1.54) is 10.5 Å². The smallest absolute Gasteiger partial charge is 0.122 e. The molecule has 2 nitrogen and oxygen atoms in total. The van der Waals surface area contributed by atoms with Crippen LogP contribution in [0.25, 0.3) is 0 Å². The average molecular weight is 321 g/mol. The molecule has 4 heteroatoms. The van der Waals surface area contributed by atoms with Crippen LogP contribution in [-0.2, 0) is 12.8 Å². The number of ether oxygens (including phenoxy) is 1. The summed E-state index contributed by atoms with van der Waals surface area (Å²) in [5.41, 5.74) is 2.28. The van der Waals surface area contributed by atoms with Crippen LogP contribution >= 0.6 is 23.4 Å². The van der Waals surface area contributed by atoms with Gasteiger partial charge in [-0.15, -0.1) is 11.8 Å². The third-order valence-corrected chi connectivity index (χ3v) is 5.44. The number of methoxy groups -OCH3 is 1. The Morgan fingerprint density at radius 2 is 2.14 bits per heavy atom. The molecule has 0 saturated heterocycles. The van der Waals surface area contributed by atoms with Crippen LogP contribution in [0.2, 0.25) is 5.02 Å². The maximum atomic E-state index is 10.6. The quantitative estimate of drug-likeness (QED) is 0.924. The zero-order valence-corrected chi connectivity index (χ0v) is 13.3. The Hall–Kier alpha value is -1.16. The monoisotopic (exact) mass is 320 g/mol. The molecule has 0 aromatic heterocycles. The molecule has 21 heavy (non-hydrogen) atoms. The van der Waals surface area contributed by atoms with Crippen LogP contribution in [0.15, 0.2) is 47.4 Å². The first kappa shape index (κ1) is 14.8. The average Bonchev–Trinajstić information content (AvgIpc) is 2.91. The lowest BCUT2D eigenvalue weighted by atomic mass is 10.0. The Morgan fingerprint density at radius 1 is 1.33 bits per heavy atom. The van der Waals surface area contributed by atoms with Crippen LogP contribution < -0.4 is 4.74 Å². The highest BCUT2D eigenvalue weighted by molar-refractivity contribution is 8.00. The topological polar surface area (TPSA) is 29.5 Å². The number of aliphatic hydroxyl groups is 1. The Balaban J connectivity index is 1.73. The molecule has 2 atom stereocenters. The Kier molecular flexibility index (Phi) is 4.43. The van der Waals surface area contributed by atoms with Gasteiger partial charge in [-0.1, -0.05) is 29.8 Å². The van der Waals surface area contributed by atoms with E-state index in [2.05, 4.69) is 12.1 Å². The Bertz CT molecular complexity index is 619. The molecule has 0 fully saturated rings. The van der Waals surface area contributed by atoms with Gasteiger partial charge in [0.05, 0.1) is 13.2 Å². The third kappa shape index (κ3) is 3.20. The summed E-state index contributed by atoms with van der Waals surface area (Å²) in [5, 5.41) is 11.4. The van der Waals surface area contributed by atoms with Gasteiger partial charge in [-0.3, -0.25) is 0 Å². The summed E-state index contributed by atoms with van der Waals surface area (Å²) in [6, 6.07) is 13.9. The fourth-order valence-electron chi connectivity index (χ4n) is 2.69. The van der Waals surface area contributed by atoms with E-state index in [-0.39, 0.29) is 5.25 Å². The summed E-state index contributed by atoms with van der Waals surface area (Å²) in [6.07, 6.45) is 1.04. The standard InChI is InChI=1S/C17H17ClO2S/c1-20-15-7-6-13(18)8-12(15)9-14(19)17-10-11-4-2-3-5-16(11)21-17/h2-8,14,17,19H,9-10H2,1H3. The van der Waals surface area contributed by atoms with Crippen molar-refractivity contribution in [2.75, 3.05) is 7.11 Å². The van der Waals surface area contributed by atoms with E-state index in [1.807, 2.05) is 24.3 Å². The lowest BCUT2D eigenvalue weighted by molar-refractivity contribution is 0.171. The summed E-state index contributed by atoms with van der Waals surface area (Å²) in [5.74, 6) is 0.777. The van der Waals surface area contributed by atoms with Gasteiger partial charge in [0.2, 0.25) is 0 Å². The van der Waals surface area contributed by atoms with Gasteiger partial charge in [0, 0.05) is 21.6 Å². The van der Waals surface area contributed by atoms with Crippen LogP contribution in [0, 0.1) is 0 Å². The molecule has 2 unspecified atom stereocenters. The van der Waals surface area contributed by atoms with Crippen LogP contribution in [0.5, 0.6) is 5.75 Å². The fraction of sp³-hybridized carbons (Fsp3) is 0.294. The van der Waals surface area contributed by atoms with Gasteiger partial charge in [0.1, 0.15) is 5.75 Å². The van der Waals surface area contributed by atoms with E-state index in [0.29, 0.717) is 11.4 Å². The molecule has 0 spiro atoms. The van der Waals surface area contributed by atoms with Crippen molar-refractivity contribution in [2.45, 2.75) is 29.1 Å². The number of aliphatic hydroxyl groups excluding tert-OH is 1. The largest absolute Gasteiger partial charge is 0.496 e. The molecule has 1 N–H and O–H groups in total. The lowest BCUT2D eigenvalue weighted by Crippen LogP contribution is -2.25. The van der Waals surface area contributed by atoms with Gasteiger partial charge in [0.25, 0.3) is 0 Å². The zero-order valence-electron chi connectivity index (χ0n) is 11.8. The van der Waals surface area contributed by atoms with Crippen molar-refractivity contribution in [1.82, 2.24) is 0 Å². The van der Waals surface area contributed by atoms with Crippen molar-refractivity contribution in [1.29, 1.82) is 0 Å². The maximum absolute atomic E-state index is 10.6. The minimum absolute atomic E-state index is 0.186. The molecule has 110 valence electrons. The first-order valence-electron chi connectivity index (χ1n) is 6.92. The molecule has 0 bridgehead atoms. The fourth-order valence-corrected chi connectivity index (χ4v) is 4.18. The number of thioether (sulfide) groups is 1. The van der Waals surface area contributed by atoms with Crippen LogP contribution in [0.1, 0.15) is 11.1 Å². The van der Waals surface area contributed by atoms with Gasteiger partial charge in [-0.05, 0) is 41.8 Å². The highest BCUT2D eigenvalue weighted by Gasteiger charge is 2.28. The van der Waals surface area contributed by atoms with Gasteiger partial charge >= 0.3 is 0 Å². The van der Waals surface area contributed by atoms with E-state index in [4.69, 9.17) is 16.3 Å². The van der Waals surface area contributed by atoms with Gasteiger partial charge in [-0.25, -0.2) is 0 Å². The number of benzene rings is 2. The molecule has 2 aromatic carbocycles. The predicted octanol–water partition coefficient (Wildman–Crippen LogP) is 3.97. The molecule has 3 rings (SSSR count). The Labute approximate surface area is 134 Å². The number of hydrogen-bond acceptors (Lipinski definition) is 3. The minimum Gasteiger partial charge on any atom is -0.496 e. The normalized spacial score (nSPS) is 18.3. The van der Waals surface area contributed by atoms with Crippen LogP contribution in [0.4, 0.5) is 0 Å². The summed E-state index contributed by atoms with van der Waals surface area (Å²) in [6.45, 7) is 0. The molecular weight excluding hydrogens is 304 g/mol. The van der Waals surface area contributed by atoms with E-state index in [0.717, 1.165) is 17.7 Å². The molecule has 0 aliphatic carbocycles. The van der Waals surface area contributed by atoms with Crippen molar-refractivity contribution < 1.29 is 9.84 Å². The molecule has 1 aliphatic rings. The van der Waals surface area contributed by atoms with E-state index >= 15 is 0 Å². The second-order valence-electron chi connectivity index (χ2n) is 5.20. The number of halogens is 1. The van der Waals surface area contributed by atoms with Crippen LogP contribution in [-0.4, -0.2) is 23.6 Å². The van der Waals surface area contributed by atoms with E-state index in [1.54, 1.807) is 24.9 Å². The van der Waals surface area contributed by atoms with E-state index in [9.17, 15) is 5.11 Å². The lowest BCUT2D eigenvalue weighted by Gasteiger charge is -2.18. The summed E-state index contributed by atoms with van der Waals surface area (Å²) >= 11 is 7.80. The number of hydrogen-bond donors (Lipinski definition) is 1. The molecule has 0 amide bonds. The predicted molar refractivity (Wildman–Crippen MR) is 87.5 cm³/mol. The van der Waals surface area contributed by atoms with Crippen molar-refractivity contribution in [3.05, 3.63) is 58.6 Å². The molecular formula is C17H17ClO2S. The second kappa shape index (κ2) is 6.30. The highest BCUT2D eigenvalue weighted by atomic mass is 35.5. The molecule has 0 radical (unpaired) electrons. The summed E-state index contributed by atoms with van der Waals surface area (Å²) in [4.78, 5) is 1.28. The van der Waals surface area contributed by atoms with E-state index < -0.39 is 6.10 Å². The highest BCUT2D eigenvalue weighted by Crippen LogP contribution is 2.39. The van der Waals surface area contributed by atoms with Crippen molar-refractivity contribution in [2.24, 2.45) is 0 Å². The van der Waals surface area contributed by atoms with Gasteiger partial charge in [-0.2, -0.15) is 0 Å². The first-order valence-corrected chi connectivity index (χ1v) is 8.18. The van der Waals surface area contributed by atoms with Gasteiger partial charge in [0.15, 0.2) is 0 Å². The Morgan fingerprint density at radius 3 is 2.90 bits per heavy atom. The number of rotatable bonds is 4. The molecule has 2 aromatic rings. The summed E-state index contributed by atoms with van der Waals surface area (Å²) in [7, 11) is 1.64. The minimum atomic E-state index is -0.422. The molecule has 1 aliphatic heterocycles. The number of fused-ring (bicyclic) bond motifs is 1. The van der Waals surface area contributed by atoms with Crippen molar-refractivity contribution >= 4 is 23.4 Å². The first-order chi connectivity index (χ1) is 10.2. The van der Waals surface area contributed by atoms with Crippen LogP contribution in [0.3, 0.4) is 0 Å². The van der Waals surface area contributed by atoms with Crippen molar-refractivity contribution in [3.8, 4) is 5.75 Å². The summed E-state index contributed by atoms with van der Waals surface area (Å²) < 4.78 is 5.35. The SMILES string of the molecule is COc1ccc(Cl)cc1CC(O)C1Cc2ccccc2S1. The molecule has 1 heterocycles. The zero-order chi connectivity index (χ0) is 14.8. The van der Waals surface area contributed by atoms with Crippen molar-refractivity contribution in [3.63, 3.8) is 0 Å². The maximum Gasteiger partial charge on any atom is 0.122 e. The van der Waals surface area contributed by atoms with Gasteiger partial charge < -0.3 is 9.84 Å². The second-order valence-corrected chi connectivity index (χ2v) is 6.91.